The molecule has 0 saturated carbocycles. The lowest BCUT2D eigenvalue weighted by Gasteiger charge is -2.20. The molecule has 1 aliphatic carbocycles. The van der Waals surface area contributed by atoms with Crippen LogP contribution < -0.4 is 10.6 Å². The molecule has 0 radical (unpaired) electrons. The van der Waals surface area contributed by atoms with Gasteiger partial charge in [0.05, 0.1) is 21.3 Å². The number of carbonyl (C=O) groups excluding carboxylic acids is 1. The predicted molar refractivity (Wildman–Crippen MR) is 106 cm³/mol. The van der Waals surface area contributed by atoms with Crippen LogP contribution in [0.2, 0.25) is 10.0 Å². The van der Waals surface area contributed by atoms with Gasteiger partial charge in [0.2, 0.25) is 0 Å². The van der Waals surface area contributed by atoms with E-state index in [1.807, 2.05) is 6.92 Å². The maximum atomic E-state index is 13.0. The fourth-order valence-electron chi connectivity index (χ4n) is 3.32. The van der Waals surface area contributed by atoms with Crippen LogP contribution >= 0.6 is 23.2 Å². The molecule has 2 aromatic rings. The molecule has 144 valence electrons. The van der Waals surface area contributed by atoms with E-state index in [2.05, 4.69) is 10.6 Å². The van der Waals surface area contributed by atoms with Gasteiger partial charge in [0.25, 0.3) is 0 Å². The van der Waals surface area contributed by atoms with Crippen molar-refractivity contribution < 1.29 is 14.3 Å². The zero-order valence-corrected chi connectivity index (χ0v) is 16.6. The van der Waals surface area contributed by atoms with Crippen LogP contribution in [0.4, 0.5) is 14.9 Å². The fourth-order valence-corrected chi connectivity index (χ4v) is 3.96. The first kappa shape index (κ1) is 19.9. The second-order valence-electron chi connectivity index (χ2n) is 7.13. The van der Waals surface area contributed by atoms with Gasteiger partial charge < -0.3 is 15.7 Å². The van der Waals surface area contributed by atoms with Crippen LogP contribution in [0.15, 0.2) is 30.3 Å². The number of amides is 2. The largest absolute Gasteiger partial charge is 0.385 e. The number of nitrogens with one attached hydrogen (secondary N) is 2. The van der Waals surface area contributed by atoms with Crippen LogP contribution in [0.25, 0.3) is 0 Å². The van der Waals surface area contributed by atoms with Gasteiger partial charge in [0.15, 0.2) is 0 Å². The van der Waals surface area contributed by atoms with Crippen LogP contribution in [0, 0.1) is 5.82 Å². The summed E-state index contributed by atoms with van der Waals surface area (Å²) in [5.41, 5.74) is 1.80. The first-order chi connectivity index (χ1) is 12.7. The Morgan fingerprint density at radius 3 is 2.67 bits per heavy atom. The van der Waals surface area contributed by atoms with Crippen molar-refractivity contribution in [2.24, 2.45) is 0 Å². The van der Waals surface area contributed by atoms with Gasteiger partial charge in [-0.2, -0.15) is 0 Å². The summed E-state index contributed by atoms with van der Waals surface area (Å²) in [6.45, 7) is 4.03. The molecule has 7 heteroatoms. The maximum absolute atomic E-state index is 13.0. The van der Waals surface area contributed by atoms with Crippen LogP contribution in [0.5, 0.6) is 0 Å². The normalized spacial score (nSPS) is 19.5. The second-order valence-corrected chi connectivity index (χ2v) is 7.92. The molecule has 3 N–H and O–H groups in total. The minimum atomic E-state index is -0.964. The molecule has 2 aromatic carbocycles. The quantitative estimate of drug-likeness (QED) is 0.647. The Hall–Kier alpha value is -1.82. The van der Waals surface area contributed by atoms with E-state index >= 15 is 0 Å². The summed E-state index contributed by atoms with van der Waals surface area (Å²) in [6, 6.07) is 7.40. The predicted octanol–water partition coefficient (Wildman–Crippen LogP) is 5.21. The summed E-state index contributed by atoms with van der Waals surface area (Å²) in [5, 5.41) is 16.5. The van der Waals surface area contributed by atoms with Crippen LogP contribution in [0.1, 0.15) is 42.9 Å². The van der Waals surface area contributed by atoms with Gasteiger partial charge in [-0.15, -0.1) is 0 Å². The molecule has 0 fully saturated rings. The molecule has 3 rings (SSSR count). The SMILES string of the molecule is CC(CNC(=O)Nc1c(Cl)cc2c(c1Cl)CCC2(C)O)c1ccc(F)cc1. The second kappa shape index (κ2) is 7.66. The lowest BCUT2D eigenvalue weighted by atomic mass is 9.98. The van der Waals surface area contributed by atoms with Gasteiger partial charge in [-0.25, -0.2) is 9.18 Å². The summed E-state index contributed by atoms with van der Waals surface area (Å²) >= 11 is 12.7. The first-order valence-corrected chi connectivity index (χ1v) is 9.48. The number of benzene rings is 2. The molecule has 2 amide bonds. The molecule has 0 aliphatic heterocycles. The number of carbonyl (C=O) groups is 1. The minimum Gasteiger partial charge on any atom is -0.385 e. The number of halogens is 3. The lowest BCUT2D eigenvalue weighted by Crippen LogP contribution is -2.32. The highest BCUT2D eigenvalue weighted by Crippen LogP contribution is 2.45. The molecule has 2 unspecified atom stereocenters. The Bertz CT molecular complexity index is 869. The first-order valence-electron chi connectivity index (χ1n) is 8.73. The van der Waals surface area contributed by atoms with Crippen LogP contribution in [0.3, 0.4) is 0 Å². The van der Waals surface area contributed by atoms with Crippen molar-refractivity contribution in [3.05, 3.63) is 62.9 Å². The van der Waals surface area contributed by atoms with Gasteiger partial charge in [-0.3, -0.25) is 0 Å². The highest BCUT2D eigenvalue weighted by molar-refractivity contribution is 6.40. The standard InChI is InChI=1S/C20H21Cl2FN2O2/c1-11(12-3-5-13(23)6-4-12)10-24-19(26)25-18-16(21)9-15-14(17(18)22)7-8-20(15,2)27/h3-6,9,11,27H,7-8,10H2,1-2H3,(H2,24,25,26). The topological polar surface area (TPSA) is 61.4 Å². The monoisotopic (exact) mass is 410 g/mol. The molecule has 4 nitrogen and oxygen atoms in total. The van der Waals surface area contributed by atoms with E-state index in [0.29, 0.717) is 35.7 Å². The van der Waals surface area contributed by atoms with E-state index in [-0.39, 0.29) is 16.8 Å². The molecule has 2 atom stereocenters. The molecule has 27 heavy (non-hydrogen) atoms. The summed E-state index contributed by atoms with van der Waals surface area (Å²) in [5.74, 6) is -0.283. The molecule has 1 aliphatic rings. The van der Waals surface area contributed by atoms with Gasteiger partial charge in [-0.1, -0.05) is 42.3 Å². The third kappa shape index (κ3) is 4.21. The van der Waals surface area contributed by atoms with Crippen molar-refractivity contribution in [1.29, 1.82) is 0 Å². The Morgan fingerprint density at radius 1 is 1.33 bits per heavy atom. The third-order valence-corrected chi connectivity index (χ3v) is 5.72. The summed E-state index contributed by atoms with van der Waals surface area (Å²) < 4.78 is 13.0. The van der Waals surface area contributed by atoms with Gasteiger partial charge in [0, 0.05) is 6.54 Å². The Kier molecular flexibility index (Phi) is 5.65. The molecule has 0 spiro atoms. The van der Waals surface area contributed by atoms with Crippen molar-refractivity contribution >= 4 is 34.9 Å². The number of rotatable bonds is 4. The highest BCUT2D eigenvalue weighted by atomic mass is 35.5. The van der Waals surface area contributed by atoms with Gasteiger partial charge in [-0.05, 0) is 60.6 Å². The number of hydrogen-bond donors (Lipinski definition) is 3. The smallest absolute Gasteiger partial charge is 0.319 e. The third-order valence-electron chi connectivity index (χ3n) is 5.01. The molecule has 0 aromatic heterocycles. The van der Waals surface area contributed by atoms with Crippen molar-refractivity contribution in [1.82, 2.24) is 5.32 Å². The summed E-state index contributed by atoms with van der Waals surface area (Å²) in [7, 11) is 0. The minimum absolute atomic E-state index is 0.0115. The lowest BCUT2D eigenvalue weighted by molar-refractivity contribution is 0.0595. The fraction of sp³-hybridized carbons (Fsp3) is 0.350. The molecule has 0 saturated heterocycles. The van der Waals surface area contributed by atoms with E-state index in [9.17, 15) is 14.3 Å². The molecular weight excluding hydrogens is 390 g/mol. The van der Waals surface area contributed by atoms with Gasteiger partial charge >= 0.3 is 6.03 Å². The van der Waals surface area contributed by atoms with Crippen molar-refractivity contribution in [2.45, 2.75) is 38.2 Å². The molecule has 0 heterocycles. The average Bonchev–Trinajstić information content (AvgIpc) is 2.92. The van der Waals surface area contributed by atoms with Crippen LogP contribution in [-0.2, 0) is 12.0 Å². The zero-order valence-electron chi connectivity index (χ0n) is 15.1. The number of hydrogen-bond acceptors (Lipinski definition) is 2. The van der Waals surface area contributed by atoms with Crippen molar-refractivity contribution in [2.75, 3.05) is 11.9 Å². The van der Waals surface area contributed by atoms with E-state index < -0.39 is 11.6 Å². The number of aliphatic hydroxyl groups is 1. The Labute approximate surface area is 167 Å². The van der Waals surface area contributed by atoms with Gasteiger partial charge in [0.1, 0.15) is 5.82 Å². The molecular formula is C20H21Cl2FN2O2. The van der Waals surface area contributed by atoms with E-state index in [4.69, 9.17) is 23.2 Å². The number of fused-ring (bicyclic) bond motifs is 1. The summed E-state index contributed by atoms with van der Waals surface area (Å²) in [6.07, 6.45) is 1.18. The zero-order chi connectivity index (χ0) is 19.8. The number of anilines is 1. The highest BCUT2D eigenvalue weighted by Gasteiger charge is 2.35. The summed E-state index contributed by atoms with van der Waals surface area (Å²) in [4.78, 5) is 12.3. The van der Waals surface area contributed by atoms with Crippen molar-refractivity contribution in [3.63, 3.8) is 0 Å². The van der Waals surface area contributed by atoms with E-state index in [0.717, 1.165) is 11.1 Å². The maximum Gasteiger partial charge on any atom is 0.319 e. The Morgan fingerprint density at radius 2 is 2.00 bits per heavy atom. The van der Waals surface area contributed by atoms with E-state index in [1.165, 1.54) is 12.1 Å². The van der Waals surface area contributed by atoms with E-state index in [1.54, 1.807) is 25.1 Å². The molecule has 0 bridgehead atoms. The average molecular weight is 411 g/mol. The van der Waals surface area contributed by atoms with Crippen LogP contribution in [-0.4, -0.2) is 17.7 Å². The van der Waals surface area contributed by atoms with Crippen molar-refractivity contribution in [3.8, 4) is 0 Å². The number of urea groups is 1. The Balaban J connectivity index is 1.67.